The molecule has 0 bridgehead atoms. The van der Waals surface area contributed by atoms with E-state index in [4.69, 9.17) is 4.74 Å². The van der Waals surface area contributed by atoms with Crippen molar-refractivity contribution in [2.75, 3.05) is 0 Å². The Morgan fingerprint density at radius 2 is 1.43 bits per heavy atom. The molecule has 1 aliphatic heterocycles. The summed E-state index contributed by atoms with van der Waals surface area (Å²) in [6.45, 7) is 0.593. The molecule has 0 atom stereocenters. The molecule has 0 unspecified atom stereocenters. The van der Waals surface area contributed by atoms with E-state index in [1.54, 1.807) is 0 Å². The zero-order chi connectivity index (χ0) is 22.7. The Balaban J connectivity index is 0.000000142. The maximum Gasteiger partial charge on any atom is 0.111 e. The summed E-state index contributed by atoms with van der Waals surface area (Å²) in [5.74, 6) is 0.878. The van der Waals surface area contributed by atoms with Crippen molar-refractivity contribution in [1.82, 2.24) is 9.97 Å². The van der Waals surface area contributed by atoms with Crippen LogP contribution < -0.4 is 4.74 Å². The largest absolute Gasteiger partial charge is 0.505 e. The van der Waals surface area contributed by atoms with Crippen molar-refractivity contribution >= 4 is 21.5 Å². The van der Waals surface area contributed by atoms with Gasteiger partial charge in [-0.1, -0.05) is 54.1 Å². The maximum atomic E-state index is 5.88. The van der Waals surface area contributed by atoms with Gasteiger partial charge in [-0.15, -0.1) is 65.7 Å². The number of ether oxygens (including phenoxy) is 1. The molecule has 0 spiro atoms. The van der Waals surface area contributed by atoms with E-state index in [1.807, 2.05) is 79.1 Å². The average molecular weight is 629 g/mol. The number of nitrogens with zero attached hydrogens (tertiary/aromatic N) is 2. The fourth-order valence-electron chi connectivity index (χ4n) is 4.30. The summed E-state index contributed by atoms with van der Waals surface area (Å²) in [5.41, 5.74) is 5.14. The van der Waals surface area contributed by atoms with Crippen molar-refractivity contribution < 1.29 is 24.8 Å². The van der Waals surface area contributed by atoms with E-state index in [0.717, 1.165) is 44.6 Å². The van der Waals surface area contributed by atoms with Gasteiger partial charge in [0.25, 0.3) is 0 Å². The van der Waals surface area contributed by atoms with Crippen molar-refractivity contribution in [3.05, 3.63) is 127 Å². The summed E-state index contributed by atoms with van der Waals surface area (Å²) >= 11 is 0. The number of hydrogen-bond acceptors (Lipinski definition) is 3. The molecule has 0 saturated carbocycles. The first-order valence-corrected chi connectivity index (χ1v) is 11.2. The summed E-state index contributed by atoms with van der Waals surface area (Å²) in [4.78, 5) is 8.98. The predicted octanol–water partition coefficient (Wildman–Crippen LogP) is 7.29. The van der Waals surface area contributed by atoms with Crippen LogP contribution in [0, 0.1) is 12.1 Å². The van der Waals surface area contributed by atoms with Crippen molar-refractivity contribution in [2.45, 2.75) is 6.61 Å². The molecule has 0 aliphatic carbocycles. The smallest absolute Gasteiger partial charge is 0.111 e. The van der Waals surface area contributed by atoms with Crippen LogP contribution in [0.5, 0.6) is 5.75 Å². The summed E-state index contributed by atoms with van der Waals surface area (Å²) in [5, 5.41) is 4.61. The van der Waals surface area contributed by atoms with E-state index in [2.05, 4.69) is 52.4 Å². The Hall–Kier alpha value is -3.85. The second-order valence-corrected chi connectivity index (χ2v) is 8.04. The normalized spacial score (nSPS) is 11.3. The molecule has 0 fully saturated rings. The quantitative estimate of drug-likeness (QED) is 0.180. The summed E-state index contributed by atoms with van der Waals surface area (Å²) in [6.07, 6.45) is 3.74. The fraction of sp³-hybridized carbons (Fsp3) is 0.0323. The van der Waals surface area contributed by atoms with Gasteiger partial charge in [0.15, 0.2) is 0 Å². The third-order valence-electron chi connectivity index (χ3n) is 5.94. The van der Waals surface area contributed by atoms with Crippen LogP contribution >= 0.6 is 0 Å². The second-order valence-electron chi connectivity index (χ2n) is 8.04. The predicted molar refractivity (Wildman–Crippen MR) is 136 cm³/mol. The topological polar surface area (TPSA) is 35.0 Å². The van der Waals surface area contributed by atoms with Gasteiger partial charge in [0, 0.05) is 49.0 Å². The van der Waals surface area contributed by atoms with E-state index in [0.29, 0.717) is 6.61 Å². The molecular weight excluding hydrogens is 609 g/mol. The van der Waals surface area contributed by atoms with E-state index >= 15 is 0 Å². The van der Waals surface area contributed by atoms with Crippen molar-refractivity contribution in [3.8, 4) is 28.3 Å². The first kappa shape index (κ1) is 22.9. The number of rotatable bonds is 1. The van der Waals surface area contributed by atoms with Crippen LogP contribution in [0.4, 0.5) is 0 Å². The zero-order valence-electron chi connectivity index (χ0n) is 18.7. The molecule has 6 aromatic rings. The van der Waals surface area contributed by atoms with Gasteiger partial charge in [-0.2, -0.15) is 0 Å². The number of pyridine rings is 2. The summed E-state index contributed by atoms with van der Waals surface area (Å²) in [7, 11) is 0. The third-order valence-corrected chi connectivity index (χ3v) is 5.94. The SMILES string of the molecule is [Ir].[c-]1cccc2c1-c1ncc3ccccc3c1OC2.[c-]1ccccc1-c1nccc2ccccc12. The van der Waals surface area contributed by atoms with Crippen LogP contribution in [0.3, 0.4) is 0 Å². The number of fused-ring (bicyclic) bond motifs is 6. The van der Waals surface area contributed by atoms with Gasteiger partial charge in [-0.05, 0) is 22.5 Å². The Kier molecular flexibility index (Phi) is 6.67. The van der Waals surface area contributed by atoms with Crippen LogP contribution in [0.15, 0.2) is 109 Å². The van der Waals surface area contributed by atoms with Crippen LogP contribution in [0.1, 0.15) is 5.56 Å². The molecule has 1 aliphatic rings. The Morgan fingerprint density at radius 3 is 2.29 bits per heavy atom. The van der Waals surface area contributed by atoms with Crippen LogP contribution in [-0.2, 0) is 26.7 Å². The van der Waals surface area contributed by atoms with Gasteiger partial charge in [-0.25, -0.2) is 0 Å². The Labute approximate surface area is 217 Å². The molecule has 0 saturated heterocycles. The Morgan fingerprint density at radius 1 is 0.657 bits per heavy atom. The first-order valence-electron chi connectivity index (χ1n) is 11.2. The van der Waals surface area contributed by atoms with Crippen LogP contribution in [0.2, 0.25) is 0 Å². The van der Waals surface area contributed by atoms with Gasteiger partial charge in [0.2, 0.25) is 0 Å². The van der Waals surface area contributed by atoms with Gasteiger partial charge in [0.05, 0.1) is 6.61 Å². The summed E-state index contributed by atoms with van der Waals surface area (Å²) in [6, 6.07) is 38.8. The second kappa shape index (κ2) is 10.2. The van der Waals surface area contributed by atoms with Gasteiger partial charge >= 0.3 is 0 Å². The number of hydrogen-bond donors (Lipinski definition) is 0. The van der Waals surface area contributed by atoms with E-state index in [9.17, 15) is 0 Å². The zero-order valence-corrected chi connectivity index (χ0v) is 21.1. The molecular formula is C31H20IrN2O-2. The van der Waals surface area contributed by atoms with Gasteiger partial charge in [-0.3, -0.25) is 0 Å². The van der Waals surface area contributed by atoms with E-state index in [1.165, 1.54) is 10.8 Å². The average Bonchev–Trinajstić information content (AvgIpc) is 2.93. The maximum absolute atomic E-state index is 5.88. The van der Waals surface area contributed by atoms with Crippen LogP contribution in [0.25, 0.3) is 44.1 Å². The standard InChI is InChI=1S/C16H10NO.C15H10N.Ir/c1-4-8-14-11(5-1)9-17-15-13-7-3-2-6-12(13)10-18-16(14)15;1-2-7-13(8-3-1)15-14-9-5-4-6-12(14)10-11-16-15;/h1-6,8-9H,10H2;1-7,9-11H;/q2*-1;. The molecule has 4 heteroatoms. The molecule has 0 N–H and O–H groups in total. The number of aromatic nitrogens is 2. The number of benzene rings is 4. The first-order chi connectivity index (χ1) is 16.9. The molecule has 7 rings (SSSR count). The van der Waals surface area contributed by atoms with Gasteiger partial charge < -0.3 is 14.7 Å². The minimum Gasteiger partial charge on any atom is -0.505 e. The van der Waals surface area contributed by atoms with Crippen molar-refractivity contribution in [1.29, 1.82) is 0 Å². The minimum atomic E-state index is 0. The van der Waals surface area contributed by atoms with Crippen molar-refractivity contribution in [3.63, 3.8) is 0 Å². The fourth-order valence-corrected chi connectivity index (χ4v) is 4.30. The van der Waals surface area contributed by atoms with E-state index < -0.39 is 0 Å². The minimum absolute atomic E-state index is 0. The summed E-state index contributed by atoms with van der Waals surface area (Å²) < 4.78 is 5.88. The molecule has 4 aromatic carbocycles. The molecule has 3 nitrogen and oxygen atoms in total. The molecule has 2 aromatic heterocycles. The molecule has 0 amide bonds. The molecule has 171 valence electrons. The van der Waals surface area contributed by atoms with Crippen LogP contribution in [-0.4, -0.2) is 9.97 Å². The van der Waals surface area contributed by atoms with E-state index in [-0.39, 0.29) is 20.1 Å². The monoisotopic (exact) mass is 629 g/mol. The van der Waals surface area contributed by atoms with Crippen molar-refractivity contribution in [2.24, 2.45) is 0 Å². The Bertz CT molecular complexity index is 1610. The molecule has 1 radical (unpaired) electrons. The molecule has 3 heterocycles. The third kappa shape index (κ3) is 4.46. The molecule has 35 heavy (non-hydrogen) atoms. The van der Waals surface area contributed by atoms with Gasteiger partial charge in [0.1, 0.15) is 5.75 Å².